The van der Waals surface area contributed by atoms with Gasteiger partial charge in [0.15, 0.2) is 0 Å². The lowest BCUT2D eigenvalue weighted by atomic mass is 10.1. The van der Waals surface area contributed by atoms with Gasteiger partial charge in [-0.3, -0.25) is 10.1 Å². The summed E-state index contributed by atoms with van der Waals surface area (Å²) in [5.41, 5.74) is 1.01. The summed E-state index contributed by atoms with van der Waals surface area (Å²) >= 11 is 6.05. The molecule has 1 heterocycles. The van der Waals surface area contributed by atoms with Gasteiger partial charge in [0.2, 0.25) is 5.91 Å². The number of nitrogens with one attached hydrogen (secondary N) is 1. The molecule has 1 aliphatic heterocycles. The topological polar surface area (TPSA) is 41.6 Å². The zero-order valence-electron chi connectivity index (χ0n) is 12.6. The molecule has 0 aromatic heterocycles. The molecule has 0 saturated carbocycles. The van der Waals surface area contributed by atoms with Gasteiger partial charge in [-0.2, -0.15) is 0 Å². The Labute approximate surface area is 131 Å². The normalized spacial score (nSPS) is 22.0. The van der Waals surface area contributed by atoms with E-state index < -0.39 is 0 Å². The molecule has 2 atom stereocenters. The van der Waals surface area contributed by atoms with E-state index >= 15 is 0 Å². The van der Waals surface area contributed by atoms with Crippen LogP contribution >= 0.6 is 11.6 Å². The molecule has 1 aromatic rings. The van der Waals surface area contributed by atoms with Crippen LogP contribution in [-0.4, -0.2) is 36.6 Å². The van der Waals surface area contributed by atoms with Crippen molar-refractivity contribution in [3.8, 4) is 0 Å². The Morgan fingerprint density at radius 2 is 2.19 bits per heavy atom. The first-order valence-corrected chi connectivity index (χ1v) is 7.91. The van der Waals surface area contributed by atoms with Crippen LogP contribution in [0.3, 0.4) is 0 Å². The van der Waals surface area contributed by atoms with Gasteiger partial charge in [-0.05, 0) is 31.0 Å². The highest BCUT2D eigenvalue weighted by molar-refractivity contribution is 6.30. The van der Waals surface area contributed by atoms with Gasteiger partial charge in [-0.25, -0.2) is 0 Å². The molecule has 0 aliphatic carbocycles. The number of hydrogen-bond donors (Lipinski definition) is 1. The lowest BCUT2D eigenvalue weighted by Crippen LogP contribution is -2.33. The number of hydrogen-bond acceptors (Lipinski definition) is 3. The summed E-state index contributed by atoms with van der Waals surface area (Å²) in [5, 5.41) is 3.99. The molecular formula is C16H23ClN2O2. The predicted octanol–water partition coefficient (Wildman–Crippen LogP) is 2.98. The molecule has 1 fully saturated rings. The van der Waals surface area contributed by atoms with Gasteiger partial charge in [-0.1, -0.05) is 37.1 Å². The number of benzene rings is 1. The Balaban J connectivity index is 2.00. The summed E-state index contributed by atoms with van der Waals surface area (Å²) in [6, 6.07) is 7.45. The second-order valence-corrected chi connectivity index (χ2v) is 5.78. The number of ether oxygens (including phenoxy) is 1. The standard InChI is InChI=1S/C16H23ClN2O2/c1-3-4-9-21-10-8-19-15(18-12(2)16(19)20)13-6-5-7-14(17)11-13/h5-7,11-12,15,18H,3-4,8-10H2,1-2H3. The van der Waals surface area contributed by atoms with Crippen molar-refractivity contribution >= 4 is 17.5 Å². The molecule has 1 aromatic carbocycles. The van der Waals surface area contributed by atoms with Crippen molar-refractivity contribution < 1.29 is 9.53 Å². The summed E-state index contributed by atoms with van der Waals surface area (Å²) in [4.78, 5) is 14.1. The van der Waals surface area contributed by atoms with E-state index in [0.717, 1.165) is 25.0 Å². The second kappa shape index (κ2) is 7.78. The average molecular weight is 311 g/mol. The fraction of sp³-hybridized carbons (Fsp3) is 0.562. The van der Waals surface area contributed by atoms with E-state index in [1.54, 1.807) is 0 Å². The van der Waals surface area contributed by atoms with Crippen LogP contribution in [0.1, 0.15) is 38.4 Å². The van der Waals surface area contributed by atoms with Crippen molar-refractivity contribution in [2.24, 2.45) is 0 Å². The summed E-state index contributed by atoms with van der Waals surface area (Å²) in [7, 11) is 0. The first-order valence-electron chi connectivity index (χ1n) is 7.53. The van der Waals surface area contributed by atoms with Gasteiger partial charge >= 0.3 is 0 Å². The lowest BCUT2D eigenvalue weighted by molar-refractivity contribution is -0.130. The molecule has 1 saturated heterocycles. The van der Waals surface area contributed by atoms with E-state index in [2.05, 4.69) is 12.2 Å². The largest absolute Gasteiger partial charge is 0.380 e. The number of carbonyl (C=O) groups is 1. The summed E-state index contributed by atoms with van der Waals surface area (Å²) in [6.45, 7) is 5.93. The Morgan fingerprint density at radius 1 is 1.38 bits per heavy atom. The van der Waals surface area contributed by atoms with Crippen LogP contribution in [0.4, 0.5) is 0 Å². The fourth-order valence-corrected chi connectivity index (χ4v) is 2.68. The van der Waals surface area contributed by atoms with Gasteiger partial charge in [0.1, 0.15) is 6.17 Å². The van der Waals surface area contributed by atoms with E-state index in [-0.39, 0.29) is 18.1 Å². The molecule has 4 nitrogen and oxygen atoms in total. The minimum absolute atomic E-state index is 0.110. The van der Waals surface area contributed by atoms with Crippen molar-refractivity contribution in [1.29, 1.82) is 0 Å². The van der Waals surface area contributed by atoms with Gasteiger partial charge in [-0.15, -0.1) is 0 Å². The van der Waals surface area contributed by atoms with E-state index in [4.69, 9.17) is 16.3 Å². The number of rotatable bonds is 7. The quantitative estimate of drug-likeness (QED) is 0.787. The zero-order chi connectivity index (χ0) is 15.2. The van der Waals surface area contributed by atoms with Crippen molar-refractivity contribution in [1.82, 2.24) is 10.2 Å². The maximum atomic E-state index is 12.3. The fourth-order valence-electron chi connectivity index (χ4n) is 2.48. The highest BCUT2D eigenvalue weighted by atomic mass is 35.5. The zero-order valence-corrected chi connectivity index (χ0v) is 13.4. The van der Waals surface area contributed by atoms with Crippen molar-refractivity contribution in [2.75, 3.05) is 19.8 Å². The number of unbranched alkanes of at least 4 members (excludes halogenated alkanes) is 1. The third-order valence-corrected chi connectivity index (χ3v) is 3.89. The van der Waals surface area contributed by atoms with Crippen LogP contribution in [0.2, 0.25) is 5.02 Å². The minimum atomic E-state index is -0.176. The molecule has 116 valence electrons. The third kappa shape index (κ3) is 4.19. The maximum Gasteiger partial charge on any atom is 0.241 e. The van der Waals surface area contributed by atoms with Crippen molar-refractivity contribution in [3.63, 3.8) is 0 Å². The molecule has 0 spiro atoms. The lowest BCUT2D eigenvalue weighted by Gasteiger charge is -2.24. The van der Waals surface area contributed by atoms with Gasteiger partial charge in [0.05, 0.1) is 12.6 Å². The summed E-state index contributed by atoms with van der Waals surface area (Å²) in [6.07, 6.45) is 2.05. The highest BCUT2D eigenvalue weighted by Gasteiger charge is 2.36. The van der Waals surface area contributed by atoms with Crippen LogP contribution in [0.5, 0.6) is 0 Å². The van der Waals surface area contributed by atoms with Crippen molar-refractivity contribution in [2.45, 2.75) is 38.9 Å². The smallest absolute Gasteiger partial charge is 0.241 e. The summed E-state index contributed by atoms with van der Waals surface area (Å²) < 4.78 is 5.58. The third-order valence-electron chi connectivity index (χ3n) is 3.66. The van der Waals surface area contributed by atoms with E-state index in [9.17, 15) is 4.79 Å². The van der Waals surface area contributed by atoms with Gasteiger partial charge < -0.3 is 9.64 Å². The van der Waals surface area contributed by atoms with Crippen LogP contribution in [0.25, 0.3) is 0 Å². The Bertz CT molecular complexity index is 481. The number of nitrogens with zero attached hydrogens (tertiary/aromatic N) is 1. The number of halogens is 1. The molecule has 1 N–H and O–H groups in total. The number of carbonyl (C=O) groups excluding carboxylic acids is 1. The van der Waals surface area contributed by atoms with E-state index in [1.807, 2.05) is 36.1 Å². The van der Waals surface area contributed by atoms with Crippen LogP contribution in [-0.2, 0) is 9.53 Å². The van der Waals surface area contributed by atoms with Crippen LogP contribution in [0.15, 0.2) is 24.3 Å². The van der Waals surface area contributed by atoms with E-state index in [0.29, 0.717) is 18.2 Å². The SMILES string of the molecule is CCCCOCCN1C(=O)C(C)NC1c1cccc(Cl)c1. The molecule has 2 unspecified atom stereocenters. The van der Waals surface area contributed by atoms with Gasteiger partial charge in [0, 0.05) is 18.2 Å². The Kier molecular flexibility index (Phi) is 6.03. The molecule has 0 radical (unpaired) electrons. The maximum absolute atomic E-state index is 12.3. The Hall–Kier alpha value is -1.10. The summed E-state index contributed by atoms with van der Waals surface area (Å²) in [5.74, 6) is 0.110. The molecule has 21 heavy (non-hydrogen) atoms. The van der Waals surface area contributed by atoms with E-state index in [1.165, 1.54) is 0 Å². The highest BCUT2D eigenvalue weighted by Crippen LogP contribution is 2.26. The van der Waals surface area contributed by atoms with Gasteiger partial charge in [0.25, 0.3) is 0 Å². The van der Waals surface area contributed by atoms with Crippen LogP contribution < -0.4 is 5.32 Å². The molecule has 0 bridgehead atoms. The molecule has 2 rings (SSSR count). The first kappa shape index (κ1) is 16.3. The molecule has 5 heteroatoms. The molecule has 1 aliphatic rings. The molecular weight excluding hydrogens is 288 g/mol. The second-order valence-electron chi connectivity index (χ2n) is 5.34. The number of amides is 1. The van der Waals surface area contributed by atoms with Crippen molar-refractivity contribution in [3.05, 3.63) is 34.9 Å². The predicted molar refractivity (Wildman–Crippen MR) is 84.2 cm³/mol. The average Bonchev–Trinajstić information content (AvgIpc) is 2.75. The Morgan fingerprint density at radius 3 is 2.90 bits per heavy atom. The van der Waals surface area contributed by atoms with Crippen LogP contribution in [0, 0.1) is 0 Å². The molecule has 1 amide bonds. The minimum Gasteiger partial charge on any atom is -0.380 e. The first-order chi connectivity index (χ1) is 10.1. The monoisotopic (exact) mass is 310 g/mol.